The van der Waals surface area contributed by atoms with Crippen LogP contribution in [0.2, 0.25) is 0 Å². The summed E-state index contributed by atoms with van der Waals surface area (Å²) in [5, 5.41) is 11.9. The minimum absolute atomic E-state index is 0.143. The van der Waals surface area contributed by atoms with Crippen molar-refractivity contribution in [3.8, 4) is 0 Å². The van der Waals surface area contributed by atoms with E-state index >= 15 is 0 Å². The lowest BCUT2D eigenvalue weighted by Gasteiger charge is -2.64. The number of fused-ring (bicyclic) bond motifs is 5. The number of carbonyl (C=O) groups is 1. The number of phosphoric acid groups is 1. The van der Waals surface area contributed by atoms with Crippen LogP contribution in [0.25, 0.3) is 0 Å². The Morgan fingerprint density at radius 3 is 2.41 bits per heavy atom. The van der Waals surface area contributed by atoms with E-state index in [0.717, 1.165) is 44.9 Å². The number of hydrogen-bond acceptors (Lipinski definition) is 7. The van der Waals surface area contributed by atoms with Crippen molar-refractivity contribution in [1.82, 2.24) is 0 Å². The lowest BCUT2D eigenvalue weighted by atomic mass is 9.43. The summed E-state index contributed by atoms with van der Waals surface area (Å²) in [6, 6.07) is 0. The normalized spacial score (nSPS) is 42.9. The van der Waals surface area contributed by atoms with Gasteiger partial charge in [0.1, 0.15) is 0 Å². The monoisotopic (exact) mass is 574 g/mol. The van der Waals surface area contributed by atoms with Crippen LogP contribution < -0.4 is 0 Å². The number of rotatable bonds is 10. The highest BCUT2D eigenvalue weighted by Crippen LogP contribution is 2.69. The van der Waals surface area contributed by atoms with E-state index in [-0.39, 0.29) is 41.3 Å². The van der Waals surface area contributed by atoms with Crippen LogP contribution >= 0.6 is 7.82 Å². The van der Waals surface area contributed by atoms with Gasteiger partial charge in [0, 0.05) is 13.5 Å². The maximum absolute atomic E-state index is 12.2. The first-order valence-corrected chi connectivity index (χ1v) is 16.5. The lowest BCUT2D eigenvalue weighted by molar-refractivity contribution is -0.223. The van der Waals surface area contributed by atoms with Gasteiger partial charge in [-0.3, -0.25) is 4.79 Å². The van der Waals surface area contributed by atoms with Crippen molar-refractivity contribution < 1.29 is 43.0 Å². The molecule has 4 aliphatic rings. The van der Waals surface area contributed by atoms with Crippen LogP contribution in [-0.4, -0.2) is 59.2 Å². The molecular weight excluding hydrogens is 523 g/mol. The summed E-state index contributed by atoms with van der Waals surface area (Å²) >= 11 is 0. The Labute approximate surface area is 233 Å². The summed E-state index contributed by atoms with van der Waals surface area (Å²) in [6.45, 7) is 10.4. The molecule has 0 aromatic rings. The quantitative estimate of drug-likeness (QED) is 0.186. The molecule has 4 saturated carbocycles. The first-order valence-electron chi connectivity index (χ1n) is 14.9. The van der Waals surface area contributed by atoms with E-state index in [2.05, 4.69) is 39.1 Å². The number of carbonyl (C=O) groups excluding carboxylic acids is 1. The zero-order chi connectivity index (χ0) is 28.8. The van der Waals surface area contributed by atoms with Gasteiger partial charge >= 0.3 is 13.8 Å². The molecule has 0 spiro atoms. The van der Waals surface area contributed by atoms with Crippen LogP contribution in [0.1, 0.15) is 92.4 Å². The summed E-state index contributed by atoms with van der Waals surface area (Å²) < 4.78 is 32.4. The van der Waals surface area contributed by atoms with Gasteiger partial charge in [0.15, 0.2) is 0 Å². The average Bonchev–Trinajstić information content (AvgIpc) is 3.20. The van der Waals surface area contributed by atoms with Gasteiger partial charge in [0.25, 0.3) is 0 Å². The highest BCUT2D eigenvalue weighted by Gasteiger charge is 2.66. The van der Waals surface area contributed by atoms with Crippen molar-refractivity contribution >= 4 is 13.8 Å². The molecule has 0 amide bonds. The van der Waals surface area contributed by atoms with Crippen LogP contribution in [0.4, 0.5) is 0 Å². The van der Waals surface area contributed by atoms with Crippen molar-refractivity contribution in [3.63, 3.8) is 0 Å². The second-order valence-corrected chi connectivity index (χ2v) is 14.9. The first kappa shape index (κ1) is 31.4. The van der Waals surface area contributed by atoms with E-state index in [1.165, 1.54) is 0 Å². The van der Waals surface area contributed by atoms with E-state index in [1.54, 1.807) is 0 Å². The lowest BCUT2D eigenvalue weighted by Crippen LogP contribution is -2.63. The molecule has 4 rings (SSSR count). The average molecular weight is 575 g/mol. The maximum Gasteiger partial charge on any atom is 0.472 e. The van der Waals surface area contributed by atoms with Gasteiger partial charge in [-0.15, -0.1) is 0 Å². The first-order chi connectivity index (χ1) is 18.2. The fourth-order valence-corrected chi connectivity index (χ4v) is 9.77. The van der Waals surface area contributed by atoms with Crippen LogP contribution in [0, 0.1) is 46.3 Å². The molecule has 11 unspecified atom stereocenters. The highest BCUT2D eigenvalue weighted by molar-refractivity contribution is 7.46. The molecule has 0 saturated heterocycles. The zero-order valence-corrected chi connectivity index (χ0v) is 25.5. The minimum atomic E-state index is -4.68. The third-order valence-corrected chi connectivity index (χ3v) is 11.9. The number of phosphoric ester groups is 1. The van der Waals surface area contributed by atoms with Gasteiger partial charge in [-0.2, -0.15) is 0 Å². The van der Waals surface area contributed by atoms with Crippen LogP contribution in [0.15, 0.2) is 0 Å². The Balaban J connectivity index is 1.49. The summed E-state index contributed by atoms with van der Waals surface area (Å²) in [6.07, 6.45) is 8.18. The second-order valence-electron chi connectivity index (χ2n) is 13.7. The SMILES string of the molecule is COC1CCC2(C)C(C1)CC(OC(C)C)C1C2CC(O)C2(C)C(C(C)CCC(=O)OCOP(=O)(O)O)CCC12. The molecule has 0 aromatic heterocycles. The molecule has 0 heterocycles. The Morgan fingerprint density at radius 2 is 1.77 bits per heavy atom. The molecule has 4 fully saturated rings. The van der Waals surface area contributed by atoms with E-state index in [0.29, 0.717) is 36.2 Å². The van der Waals surface area contributed by atoms with Gasteiger partial charge in [-0.25, -0.2) is 9.09 Å². The maximum atomic E-state index is 12.2. The van der Waals surface area contributed by atoms with Gasteiger partial charge in [0.2, 0.25) is 6.79 Å². The van der Waals surface area contributed by atoms with Gasteiger partial charge in [-0.05, 0) is 112 Å². The smallest absolute Gasteiger partial charge is 0.438 e. The second kappa shape index (κ2) is 12.0. The number of ether oxygens (including phenoxy) is 3. The molecule has 226 valence electrons. The molecule has 0 aromatic carbocycles. The van der Waals surface area contributed by atoms with Crippen molar-refractivity contribution in [3.05, 3.63) is 0 Å². The Kier molecular flexibility index (Phi) is 9.65. The fourth-order valence-electron chi connectivity index (χ4n) is 9.58. The standard InChI is InChI=1S/C29H51O9P/c1-17(2)38-24-14-19-13-20(35-6)11-12-28(19,4)23-15-25(30)29(5)21(8-9-22(29)27(23)24)18(3)7-10-26(31)36-16-37-39(32,33)34/h17-25,27,30H,7-16H2,1-6H3,(H2,32,33,34). The van der Waals surface area contributed by atoms with Gasteiger partial charge < -0.3 is 29.1 Å². The van der Waals surface area contributed by atoms with Crippen molar-refractivity contribution in [2.45, 2.75) is 117 Å². The largest absolute Gasteiger partial charge is 0.472 e. The summed E-state index contributed by atoms with van der Waals surface area (Å²) in [4.78, 5) is 29.7. The molecule has 0 radical (unpaired) electrons. The van der Waals surface area contributed by atoms with Crippen LogP contribution in [0.5, 0.6) is 0 Å². The number of methoxy groups -OCH3 is 1. The topological polar surface area (TPSA) is 132 Å². The fraction of sp³-hybridized carbons (Fsp3) is 0.966. The molecule has 0 bridgehead atoms. The molecule has 4 aliphatic carbocycles. The van der Waals surface area contributed by atoms with E-state index in [9.17, 15) is 14.5 Å². The Bertz CT molecular complexity index is 907. The zero-order valence-electron chi connectivity index (χ0n) is 24.6. The van der Waals surface area contributed by atoms with E-state index in [1.807, 2.05) is 7.11 Å². The Hall–Kier alpha value is -0.540. The van der Waals surface area contributed by atoms with Gasteiger partial charge in [-0.1, -0.05) is 20.8 Å². The minimum Gasteiger partial charge on any atom is -0.438 e. The number of esters is 1. The van der Waals surface area contributed by atoms with Crippen molar-refractivity contribution in [2.75, 3.05) is 13.9 Å². The molecule has 3 N–H and O–H groups in total. The molecule has 10 heteroatoms. The predicted molar refractivity (Wildman–Crippen MR) is 145 cm³/mol. The van der Waals surface area contributed by atoms with Crippen LogP contribution in [0.3, 0.4) is 0 Å². The molecule has 39 heavy (non-hydrogen) atoms. The third-order valence-electron chi connectivity index (χ3n) is 11.5. The highest BCUT2D eigenvalue weighted by atomic mass is 31.2. The molecule has 9 nitrogen and oxygen atoms in total. The van der Waals surface area contributed by atoms with Crippen molar-refractivity contribution in [1.29, 1.82) is 0 Å². The van der Waals surface area contributed by atoms with Gasteiger partial charge in [0.05, 0.1) is 24.4 Å². The molecular formula is C29H51O9P. The number of hydrogen-bond donors (Lipinski definition) is 3. The van der Waals surface area contributed by atoms with E-state index < -0.39 is 26.7 Å². The summed E-state index contributed by atoms with van der Waals surface area (Å²) in [5.74, 6) is 1.65. The van der Waals surface area contributed by atoms with E-state index in [4.69, 9.17) is 24.0 Å². The summed E-state index contributed by atoms with van der Waals surface area (Å²) in [7, 11) is -2.85. The molecule has 11 atom stereocenters. The van der Waals surface area contributed by atoms with Crippen molar-refractivity contribution in [2.24, 2.45) is 46.3 Å². The Morgan fingerprint density at radius 1 is 1.05 bits per heavy atom. The number of aliphatic hydroxyl groups is 1. The van der Waals surface area contributed by atoms with Crippen LogP contribution in [-0.2, 0) is 28.1 Å². The summed E-state index contributed by atoms with van der Waals surface area (Å²) in [5.41, 5.74) is -0.0684. The predicted octanol–water partition coefficient (Wildman–Crippen LogP) is 5.06. The number of aliphatic hydroxyl groups excluding tert-OH is 1. The molecule has 0 aliphatic heterocycles. The third kappa shape index (κ3) is 6.30.